The smallest absolute Gasteiger partial charge is 0.251 e. The van der Waals surface area contributed by atoms with Crippen molar-refractivity contribution in [1.82, 2.24) is 10.0 Å². The number of benzene rings is 2. The first kappa shape index (κ1) is 19.0. The van der Waals surface area contributed by atoms with E-state index in [-0.39, 0.29) is 23.9 Å². The summed E-state index contributed by atoms with van der Waals surface area (Å²) in [5, 5.41) is 2.70. The number of methoxy groups -OCH3 is 1. The van der Waals surface area contributed by atoms with Gasteiger partial charge in [-0.25, -0.2) is 13.1 Å². The van der Waals surface area contributed by atoms with Crippen LogP contribution in [0, 0.1) is 13.8 Å². The molecule has 0 aromatic heterocycles. The Morgan fingerprint density at radius 2 is 1.68 bits per heavy atom. The van der Waals surface area contributed by atoms with Gasteiger partial charge in [-0.1, -0.05) is 6.07 Å². The lowest BCUT2D eigenvalue weighted by molar-refractivity contribution is 0.0954. The summed E-state index contributed by atoms with van der Waals surface area (Å²) in [6, 6.07) is 11.5. The van der Waals surface area contributed by atoms with Crippen LogP contribution in [0.2, 0.25) is 0 Å². The fourth-order valence-corrected chi connectivity index (χ4v) is 3.22. The Bertz CT molecular complexity index is 846. The summed E-state index contributed by atoms with van der Waals surface area (Å²) in [6.45, 7) is 4.21. The van der Waals surface area contributed by atoms with Crippen molar-refractivity contribution in [1.29, 1.82) is 0 Å². The summed E-state index contributed by atoms with van der Waals surface area (Å²) in [5.41, 5.74) is 2.71. The molecule has 0 saturated heterocycles. The van der Waals surface area contributed by atoms with E-state index in [0.717, 1.165) is 11.1 Å². The van der Waals surface area contributed by atoms with E-state index in [4.69, 9.17) is 4.74 Å². The van der Waals surface area contributed by atoms with Gasteiger partial charge in [0.25, 0.3) is 5.91 Å². The number of hydrogen-bond acceptors (Lipinski definition) is 4. The number of aryl methyl sites for hydroxylation is 2. The highest BCUT2D eigenvalue weighted by Gasteiger charge is 2.13. The molecule has 0 saturated carbocycles. The number of nitrogens with one attached hydrogen (secondary N) is 2. The number of sulfonamides is 1. The molecule has 134 valence electrons. The van der Waals surface area contributed by atoms with Gasteiger partial charge in [-0.2, -0.15) is 0 Å². The number of carbonyl (C=O) groups is 1. The Labute approximate surface area is 148 Å². The van der Waals surface area contributed by atoms with Crippen molar-refractivity contribution in [2.45, 2.75) is 18.7 Å². The zero-order valence-electron chi connectivity index (χ0n) is 14.5. The van der Waals surface area contributed by atoms with Crippen LogP contribution in [0.25, 0.3) is 0 Å². The third-order valence-corrected chi connectivity index (χ3v) is 5.32. The van der Waals surface area contributed by atoms with Crippen LogP contribution in [0.15, 0.2) is 47.4 Å². The van der Waals surface area contributed by atoms with Crippen molar-refractivity contribution in [3.8, 4) is 5.75 Å². The molecule has 2 rings (SSSR count). The molecular weight excluding hydrogens is 340 g/mol. The zero-order valence-corrected chi connectivity index (χ0v) is 15.3. The van der Waals surface area contributed by atoms with E-state index >= 15 is 0 Å². The third kappa shape index (κ3) is 5.04. The second-order valence-electron chi connectivity index (χ2n) is 5.63. The minimum Gasteiger partial charge on any atom is -0.497 e. The van der Waals surface area contributed by atoms with Crippen LogP contribution in [-0.2, 0) is 10.0 Å². The quantitative estimate of drug-likeness (QED) is 0.738. The molecular formula is C18H22N2O4S. The Morgan fingerprint density at radius 3 is 2.28 bits per heavy atom. The molecule has 2 N–H and O–H groups in total. The number of rotatable bonds is 7. The molecule has 1 amide bonds. The normalized spacial score (nSPS) is 11.2. The topological polar surface area (TPSA) is 84.5 Å². The van der Waals surface area contributed by atoms with Gasteiger partial charge >= 0.3 is 0 Å². The maximum absolute atomic E-state index is 12.2. The molecule has 0 heterocycles. The maximum Gasteiger partial charge on any atom is 0.251 e. The van der Waals surface area contributed by atoms with Crippen molar-refractivity contribution < 1.29 is 17.9 Å². The van der Waals surface area contributed by atoms with E-state index in [1.807, 2.05) is 26.0 Å². The summed E-state index contributed by atoms with van der Waals surface area (Å²) in [6.07, 6.45) is 0. The summed E-state index contributed by atoms with van der Waals surface area (Å²) in [7, 11) is -2.10. The lowest BCUT2D eigenvalue weighted by Gasteiger charge is -2.09. The predicted octanol–water partition coefficient (Wildman–Crippen LogP) is 2.02. The molecule has 0 fully saturated rings. The highest BCUT2D eigenvalue weighted by atomic mass is 32.2. The van der Waals surface area contributed by atoms with Gasteiger partial charge in [0.1, 0.15) is 5.75 Å². The number of ether oxygens (including phenoxy) is 1. The lowest BCUT2D eigenvalue weighted by Crippen LogP contribution is -2.34. The van der Waals surface area contributed by atoms with Crippen molar-refractivity contribution in [2.24, 2.45) is 0 Å². The molecule has 0 radical (unpaired) electrons. The first-order valence-electron chi connectivity index (χ1n) is 7.82. The van der Waals surface area contributed by atoms with Crippen molar-refractivity contribution >= 4 is 15.9 Å². The molecule has 0 unspecified atom stereocenters. The first-order chi connectivity index (χ1) is 11.8. The molecule has 25 heavy (non-hydrogen) atoms. The fraction of sp³-hybridized carbons (Fsp3) is 0.278. The lowest BCUT2D eigenvalue weighted by atomic mass is 10.1. The molecule has 2 aromatic rings. The Morgan fingerprint density at radius 1 is 1.00 bits per heavy atom. The minimum atomic E-state index is -3.62. The Balaban J connectivity index is 1.86. The third-order valence-electron chi connectivity index (χ3n) is 3.84. The van der Waals surface area contributed by atoms with Gasteiger partial charge < -0.3 is 10.1 Å². The molecule has 6 nitrogen and oxygen atoms in total. The van der Waals surface area contributed by atoms with E-state index < -0.39 is 10.0 Å². The summed E-state index contributed by atoms with van der Waals surface area (Å²) < 4.78 is 31.8. The van der Waals surface area contributed by atoms with E-state index in [2.05, 4.69) is 10.0 Å². The number of amides is 1. The van der Waals surface area contributed by atoms with E-state index in [9.17, 15) is 13.2 Å². The van der Waals surface area contributed by atoms with Gasteiger partial charge in [-0.05, 0) is 61.4 Å². The molecule has 2 aromatic carbocycles. The average Bonchev–Trinajstić information content (AvgIpc) is 2.61. The molecule has 0 spiro atoms. The SMILES string of the molecule is COc1ccc(S(=O)(=O)NCCNC(=O)c2ccc(C)c(C)c2)cc1. The largest absolute Gasteiger partial charge is 0.497 e. The summed E-state index contributed by atoms with van der Waals surface area (Å²) >= 11 is 0. The van der Waals surface area contributed by atoms with Crippen LogP contribution < -0.4 is 14.8 Å². The van der Waals surface area contributed by atoms with Crippen molar-refractivity contribution in [3.05, 3.63) is 59.2 Å². The molecule has 7 heteroatoms. The molecule has 0 aliphatic rings. The second kappa shape index (κ2) is 8.13. The van der Waals surface area contributed by atoms with Crippen LogP contribution in [-0.4, -0.2) is 34.5 Å². The number of hydrogen-bond donors (Lipinski definition) is 2. The zero-order chi connectivity index (χ0) is 18.4. The van der Waals surface area contributed by atoms with Crippen LogP contribution in [0.3, 0.4) is 0 Å². The van der Waals surface area contributed by atoms with Crippen LogP contribution in [0.1, 0.15) is 21.5 Å². The maximum atomic E-state index is 12.2. The van der Waals surface area contributed by atoms with Gasteiger partial charge in [-0.15, -0.1) is 0 Å². The van der Waals surface area contributed by atoms with Gasteiger partial charge in [-0.3, -0.25) is 4.79 Å². The van der Waals surface area contributed by atoms with Crippen LogP contribution in [0.4, 0.5) is 0 Å². The average molecular weight is 362 g/mol. The summed E-state index contributed by atoms with van der Waals surface area (Å²) in [4.78, 5) is 12.2. The Kier molecular flexibility index (Phi) is 6.17. The predicted molar refractivity (Wildman–Crippen MR) is 96.4 cm³/mol. The number of carbonyl (C=O) groups excluding carboxylic acids is 1. The van der Waals surface area contributed by atoms with Crippen LogP contribution >= 0.6 is 0 Å². The van der Waals surface area contributed by atoms with E-state index in [1.54, 1.807) is 18.2 Å². The van der Waals surface area contributed by atoms with E-state index in [0.29, 0.717) is 11.3 Å². The highest BCUT2D eigenvalue weighted by Crippen LogP contribution is 2.15. The van der Waals surface area contributed by atoms with Gasteiger partial charge in [0, 0.05) is 18.7 Å². The van der Waals surface area contributed by atoms with Gasteiger partial charge in [0.2, 0.25) is 10.0 Å². The monoisotopic (exact) mass is 362 g/mol. The molecule has 0 bridgehead atoms. The molecule has 0 aliphatic heterocycles. The van der Waals surface area contributed by atoms with Crippen molar-refractivity contribution in [3.63, 3.8) is 0 Å². The molecule has 0 atom stereocenters. The van der Waals surface area contributed by atoms with Gasteiger partial charge in [0.15, 0.2) is 0 Å². The molecule has 0 aliphatic carbocycles. The first-order valence-corrected chi connectivity index (χ1v) is 9.31. The van der Waals surface area contributed by atoms with Gasteiger partial charge in [0.05, 0.1) is 12.0 Å². The second-order valence-corrected chi connectivity index (χ2v) is 7.40. The fourth-order valence-electron chi connectivity index (χ4n) is 2.18. The minimum absolute atomic E-state index is 0.102. The Hall–Kier alpha value is -2.38. The summed E-state index contributed by atoms with van der Waals surface area (Å²) in [5.74, 6) is 0.353. The van der Waals surface area contributed by atoms with Crippen LogP contribution in [0.5, 0.6) is 5.75 Å². The highest BCUT2D eigenvalue weighted by molar-refractivity contribution is 7.89. The standard InChI is InChI=1S/C18H22N2O4S/c1-13-4-5-15(12-14(13)2)18(21)19-10-11-20-25(22,23)17-8-6-16(24-3)7-9-17/h4-9,12,20H,10-11H2,1-3H3,(H,19,21). The van der Waals surface area contributed by atoms with E-state index in [1.165, 1.54) is 19.2 Å². The van der Waals surface area contributed by atoms with Crippen molar-refractivity contribution in [2.75, 3.05) is 20.2 Å².